The molecule has 132 valence electrons. The number of aliphatic carboxylic acids is 1. The molecule has 0 aromatic heterocycles. The summed E-state index contributed by atoms with van der Waals surface area (Å²) in [5.74, 6) is -0.170. The van der Waals surface area contributed by atoms with E-state index < -0.39 is 12.1 Å². The average molecular weight is 374 g/mol. The summed E-state index contributed by atoms with van der Waals surface area (Å²) in [6.07, 6.45) is 1.94. The summed E-state index contributed by atoms with van der Waals surface area (Å²) < 4.78 is 5.67. The molecular formula is C17H21Cl2NO4. The largest absolute Gasteiger partial charge is 0.481 e. The van der Waals surface area contributed by atoms with Gasteiger partial charge in [-0.2, -0.15) is 0 Å². The monoisotopic (exact) mass is 373 g/mol. The lowest BCUT2D eigenvalue weighted by Gasteiger charge is -2.34. The quantitative estimate of drug-likeness (QED) is 0.821. The number of benzene rings is 1. The second-order valence-corrected chi connectivity index (χ2v) is 6.88. The molecule has 1 fully saturated rings. The summed E-state index contributed by atoms with van der Waals surface area (Å²) in [5.41, 5.74) is 0. The van der Waals surface area contributed by atoms with Crippen LogP contribution in [-0.4, -0.2) is 41.1 Å². The summed E-state index contributed by atoms with van der Waals surface area (Å²) >= 11 is 11.8. The number of piperidine rings is 1. The van der Waals surface area contributed by atoms with E-state index in [2.05, 4.69) is 0 Å². The highest BCUT2D eigenvalue weighted by Crippen LogP contribution is 2.27. The Bertz CT molecular complexity index is 608. The van der Waals surface area contributed by atoms with Crippen molar-refractivity contribution in [3.8, 4) is 5.75 Å². The Morgan fingerprint density at radius 3 is 2.79 bits per heavy atom. The molecule has 1 aromatic carbocycles. The Hall–Kier alpha value is -1.46. The number of nitrogens with zero attached hydrogens (tertiary/aromatic N) is 1. The Morgan fingerprint density at radius 2 is 2.12 bits per heavy atom. The predicted molar refractivity (Wildman–Crippen MR) is 92.7 cm³/mol. The van der Waals surface area contributed by atoms with Crippen molar-refractivity contribution in [1.29, 1.82) is 0 Å². The smallest absolute Gasteiger partial charge is 0.303 e. The summed E-state index contributed by atoms with van der Waals surface area (Å²) in [6, 6.07) is 4.88. The maximum absolute atomic E-state index is 12.6. The lowest BCUT2D eigenvalue weighted by atomic mass is 9.93. The van der Waals surface area contributed by atoms with E-state index >= 15 is 0 Å². The number of carbonyl (C=O) groups is 2. The second kappa shape index (κ2) is 8.58. The van der Waals surface area contributed by atoms with E-state index in [9.17, 15) is 9.59 Å². The van der Waals surface area contributed by atoms with Crippen molar-refractivity contribution >= 4 is 35.1 Å². The van der Waals surface area contributed by atoms with E-state index in [-0.39, 0.29) is 18.2 Å². The fourth-order valence-corrected chi connectivity index (χ4v) is 3.18. The molecular weight excluding hydrogens is 353 g/mol. The summed E-state index contributed by atoms with van der Waals surface area (Å²) in [7, 11) is 0. The molecule has 2 rings (SSSR count). The van der Waals surface area contributed by atoms with Crippen LogP contribution in [0.5, 0.6) is 5.75 Å². The van der Waals surface area contributed by atoms with Gasteiger partial charge in [0.2, 0.25) is 0 Å². The van der Waals surface area contributed by atoms with Gasteiger partial charge >= 0.3 is 5.97 Å². The SMILES string of the molecule is CC(Oc1ccc(Cl)c(Cl)c1)C(=O)N1CCCC(CCC(=O)O)C1. The zero-order chi connectivity index (χ0) is 17.7. The van der Waals surface area contributed by atoms with Crippen LogP contribution in [0.4, 0.5) is 0 Å². The molecule has 0 aliphatic carbocycles. The molecule has 2 unspecified atom stereocenters. The molecule has 1 amide bonds. The van der Waals surface area contributed by atoms with Crippen LogP contribution < -0.4 is 4.74 Å². The van der Waals surface area contributed by atoms with Gasteiger partial charge in [0, 0.05) is 25.6 Å². The number of likely N-dealkylation sites (tertiary alicyclic amines) is 1. The Balaban J connectivity index is 1.91. The van der Waals surface area contributed by atoms with E-state index in [1.54, 1.807) is 30.0 Å². The van der Waals surface area contributed by atoms with Crippen molar-refractivity contribution in [1.82, 2.24) is 4.90 Å². The highest BCUT2D eigenvalue weighted by molar-refractivity contribution is 6.42. The van der Waals surface area contributed by atoms with Crippen LogP contribution in [0, 0.1) is 5.92 Å². The van der Waals surface area contributed by atoms with Gasteiger partial charge in [0.05, 0.1) is 10.0 Å². The van der Waals surface area contributed by atoms with Gasteiger partial charge in [0.15, 0.2) is 6.10 Å². The van der Waals surface area contributed by atoms with Gasteiger partial charge in [-0.25, -0.2) is 0 Å². The number of carbonyl (C=O) groups excluding carboxylic acids is 1. The number of hydrogen-bond acceptors (Lipinski definition) is 3. The van der Waals surface area contributed by atoms with Crippen molar-refractivity contribution in [2.75, 3.05) is 13.1 Å². The number of halogens is 2. The first-order valence-corrected chi connectivity index (χ1v) is 8.74. The standard InChI is InChI=1S/C17H21Cl2NO4/c1-11(24-13-5-6-14(18)15(19)9-13)17(23)20-8-2-3-12(10-20)4-7-16(21)22/h5-6,9,11-12H,2-4,7-8,10H2,1H3,(H,21,22). The number of rotatable bonds is 6. The van der Waals surface area contributed by atoms with Crippen LogP contribution in [0.15, 0.2) is 18.2 Å². The van der Waals surface area contributed by atoms with Gasteiger partial charge in [-0.05, 0) is 44.2 Å². The number of amides is 1. The maximum Gasteiger partial charge on any atom is 0.303 e. The molecule has 0 radical (unpaired) electrons. The van der Waals surface area contributed by atoms with E-state index in [1.807, 2.05) is 0 Å². The highest BCUT2D eigenvalue weighted by Gasteiger charge is 2.28. The molecule has 1 aromatic rings. The molecule has 5 nitrogen and oxygen atoms in total. The summed E-state index contributed by atoms with van der Waals surface area (Å²) in [4.78, 5) is 25.0. The Kier molecular flexibility index (Phi) is 6.75. The third-order valence-electron chi connectivity index (χ3n) is 4.15. The minimum Gasteiger partial charge on any atom is -0.481 e. The molecule has 1 aliphatic rings. The third-order valence-corrected chi connectivity index (χ3v) is 4.89. The van der Waals surface area contributed by atoms with Crippen LogP contribution in [0.3, 0.4) is 0 Å². The zero-order valence-electron chi connectivity index (χ0n) is 13.5. The van der Waals surface area contributed by atoms with Gasteiger partial charge < -0.3 is 14.7 Å². The van der Waals surface area contributed by atoms with Crippen molar-refractivity contribution in [3.05, 3.63) is 28.2 Å². The molecule has 1 heterocycles. The molecule has 24 heavy (non-hydrogen) atoms. The van der Waals surface area contributed by atoms with Crippen LogP contribution in [-0.2, 0) is 9.59 Å². The first-order valence-electron chi connectivity index (χ1n) is 7.99. The summed E-state index contributed by atoms with van der Waals surface area (Å²) in [6.45, 7) is 2.96. The van der Waals surface area contributed by atoms with Gasteiger partial charge in [-0.1, -0.05) is 23.2 Å². The number of carboxylic acid groups (broad SMARTS) is 1. The van der Waals surface area contributed by atoms with Crippen LogP contribution >= 0.6 is 23.2 Å². The molecule has 1 aliphatic heterocycles. The van der Waals surface area contributed by atoms with Crippen LogP contribution in [0.25, 0.3) is 0 Å². The number of carboxylic acids is 1. The number of hydrogen-bond donors (Lipinski definition) is 1. The lowest BCUT2D eigenvalue weighted by Crippen LogP contribution is -2.45. The fourth-order valence-electron chi connectivity index (χ4n) is 2.89. The Morgan fingerprint density at radius 1 is 1.38 bits per heavy atom. The van der Waals surface area contributed by atoms with Gasteiger partial charge in [-0.15, -0.1) is 0 Å². The normalized spacial score (nSPS) is 19.0. The highest BCUT2D eigenvalue weighted by atomic mass is 35.5. The third kappa shape index (κ3) is 5.28. The van der Waals surface area contributed by atoms with Gasteiger partial charge in [0.1, 0.15) is 5.75 Å². The maximum atomic E-state index is 12.6. The molecule has 1 N–H and O–H groups in total. The van der Waals surface area contributed by atoms with Gasteiger partial charge in [0.25, 0.3) is 5.91 Å². The van der Waals surface area contributed by atoms with Crippen molar-refractivity contribution in [2.24, 2.45) is 5.92 Å². The number of ether oxygens (including phenoxy) is 1. The van der Waals surface area contributed by atoms with Crippen LogP contribution in [0.2, 0.25) is 10.0 Å². The van der Waals surface area contributed by atoms with Crippen molar-refractivity contribution in [3.63, 3.8) is 0 Å². The van der Waals surface area contributed by atoms with Gasteiger partial charge in [-0.3, -0.25) is 9.59 Å². The predicted octanol–water partition coefficient (Wildman–Crippen LogP) is 3.86. The van der Waals surface area contributed by atoms with Crippen LogP contribution in [0.1, 0.15) is 32.6 Å². The molecule has 0 saturated carbocycles. The molecule has 2 atom stereocenters. The fraction of sp³-hybridized carbons (Fsp3) is 0.529. The first kappa shape index (κ1) is 18.9. The second-order valence-electron chi connectivity index (χ2n) is 6.06. The lowest BCUT2D eigenvalue weighted by molar-refractivity contribution is -0.140. The van der Waals surface area contributed by atoms with Crippen molar-refractivity contribution < 1.29 is 19.4 Å². The first-order chi connectivity index (χ1) is 11.4. The van der Waals surface area contributed by atoms with E-state index in [4.69, 9.17) is 33.0 Å². The molecule has 0 bridgehead atoms. The Labute approximate surface area is 151 Å². The molecule has 0 spiro atoms. The van der Waals surface area contributed by atoms with Crippen molar-refractivity contribution in [2.45, 2.75) is 38.7 Å². The zero-order valence-corrected chi connectivity index (χ0v) is 15.0. The minimum absolute atomic E-state index is 0.0962. The van der Waals surface area contributed by atoms with E-state index in [1.165, 1.54) is 0 Å². The van der Waals surface area contributed by atoms with E-state index in [0.717, 1.165) is 12.8 Å². The van der Waals surface area contributed by atoms with E-state index in [0.29, 0.717) is 35.3 Å². The minimum atomic E-state index is -0.797. The average Bonchev–Trinajstić information content (AvgIpc) is 2.56. The molecule has 1 saturated heterocycles. The molecule has 7 heteroatoms. The topological polar surface area (TPSA) is 66.8 Å². The summed E-state index contributed by atoms with van der Waals surface area (Å²) in [5, 5.41) is 9.60.